The lowest BCUT2D eigenvalue weighted by atomic mass is 10.2. The van der Waals surface area contributed by atoms with Gasteiger partial charge in [-0.3, -0.25) is 4.79 Å². The molecule has 0 bridgehead atoms. The predicted molar refractivity (Wildman–Crippen MR) is 67.8 cm³/mol. The van der Waals surface area contributed by atoms with E-state index in [4.69, 9.17) is 10.5 Å². The molecule has 3 N–H and O–H groups in total. The second-order valence-electron chi connectivity index (χ2n) is 4.58. The van der Waals surface area contributed by atoms with Crippen LogP contribution in [-0.4, -0.2) is 56.7 Å². The van der Waals surface area contributed by atoms with Crippen molar-refractivity contribution in [3.8, 4) is 0 Å². The summed E-state index contributed by atoms with van der Waals surface area (Å²) in [5.41, 5.74) is 5.71. The quantitative estimate of drug-likeness (QED) is 0.587. The normalized spacial score (nSPS) is 18.2. The van der Waals surface area contributed by atoms with Gasteiger partial charge in [0.25, 0.3) is 0 Å². The Morgan fingerprint density at radius 3 is 2.82 bits per heavy atom. The number of carbonyl (C=O) groups is 1. The van der Waals surface area contributed by atoms with Crippen molar-refractivity contribution in [3.63, 3.8) is 0 Å². The molecule has 0 aromatic carbocycles. The number of nitrogens with two attached hydrogens (primary N) is 1. The average molecular weight is 243 g/mol. The van der Waals surface area contributed by atoms with Crippen LogP contribution in [0.25, 0.3) is 0 Å². The second kappa shape index (κ2) is 8.44. The van der Waals surface area contributed by atoms with E-state index >= 15 is 0 Å². The minimum atomic E-state index is -0.443. The van der Waals surface area contributed by atoms with Crippen molar-refractivity contribution in [1.29, 1.82) is 0 Å². The third kappa shape index (κ3) is 6.00. The summed E-state index contributed by atoms with van der Waals surface area (Å²) >= 11 is 0. The zero-order valence-corrected chi connectivity index (χ0v) is 10.8. The Bertz CT molecular complexity index is 218. The van der Waals surface area contributed by atoms with E-state index in [0.29, 0.717) is 13.0 Å². The first-order valence-corrected chi connectivity index (χ1v) is 6.48. The molecule has 100 valence electrons. The van der Waals surface area contributed by atoms with E-state index in [1.54, 1.807) is 7.11 Å². The number of hydrogen-bond acceptors (Lipinski definition) is 4. The Kier molecular flexibility index (Phi) is 7.16. The molecular formula is C12H25N3O2. The van der Waals surface area contributed by atoms with Crippen LogP contribution in [0.1, 0.15) is 25.7 Å². The van der Waals surface area contributed by atoms with Crippen LogP contribution >= 0.6 is 0 Å². The lowest BCUT2D eigenvalue weighted by Crippen LogP contribution is -2.42. The molecular weight excluding hydrogens is 218 g/mol. The summed E-state index contributed by atoms with van der Waals surface area (Å²) in [6.07, 6.45) is 4.21. The van der Waals surface area contributed by atoms with E-state index in [0.717, 1.165) is 19.5 Å². The molecule has 1 heterocycles. The Morgan fingerprint density at radius 2 is 2.18 bits per heavy atom. The highest BCUT2D eigenvalue weighted by Crippen LogP contribution is 2.06. The van der Waals surface area contributed by atoms with Gasteiger partial charge in [0.05, 0.1) is 6.04 Å². The van der Waals surface area contributed by atoms with Crippen LogP contribution in [0.2, 0.25) is 0 Å². The van der Waals surface area contributed by atoms with Crippen molar-refractivity contribution in [1.82, 2.24) is 10.2 Å². The molecule has 1 amide bonds. The van der Waals surface area contributed by atoms with Gasteiger partial charge in [-0.2, -0.15) is 0 Å². The molecule has 5 nitrogen and oxygen atoms in total. The number of nitrogens with zero attached hydrogens (tertiary/aromatic N) is 1. The Hall–Kier alpha value is -0.650. The molecule has 1 rings (SSSR count). The van der Waals surface area contributed by atoms with Crippen molar-refractivity contribution in [3.05, 3.63) is 0 Å². The third-order valence-electron chi connectivity index (χ3n) is 3.12. The molecule has 0 saturated carbocycles. The van der Waals surface area contributed by atoms with Crippen LogP contribution in [-0.2, 0) is 9.53 Å². The maximum absolute atomic E-state index is 11.5. The number of methoxy groups -OCH3 is 1. The predicted octanol–water partition coefficient (Wildman–Crippen LogP) is -0.0477. The van der Waals surface area contributed by atoms with Crippen molar-refractivity contribution < 1.29 is 9.53 Å². The third-order valence-corrected chi connectivity index (χ3v) is 3.12. The van der Waals surface area contributed by atoms with Crippen LogP contribution < -0.4 is 11.1 Å². The summed E-state index contributed by atoms with van der Waals surface area (Å²) in [7, 11) is 1.61. The zero-order valence-electron chi connectivity index (χ0n) is 10.8. The van der Waals surface area contributed by atoms with Gasteiger partial charge in [-0.25, -0.2) is 0 Å². The molecule has 0 radical (unpaired) electrons. The number of likely N-dealkylation sites (tertiary alicyclic amines) is 1. The van der Waals surface area contributed by atoms with E-state index in [1.165, 1.54) is 25.9 Å². The van der Waals surface area contributed by atoms with Gasteiger partial charge < -0.3 is 20.7 Å². The van der Waals surface area contributed by atoms with E-state index in [-0.39, 0.29) is 5.91 Å². The molecule has 1 fully saturated rings. The van der Waals surface area contributed by atoms with Crippen LogP contribution in [0.5, 0.6) is 0 Å². The molecule has 17 heavy (non-hydrogen) atoms. The van der Waals surface area contributed by atoms with Gasteiger partial charge in [-0.15, -0.1) is 0 Å². The van der Waals surface area contributed by atoms with Crippen LogP contribution in [0.15, 0.2) is 0 Å². The molecule has 1 aliphatic heterocycles. The van der Waals surface area contributed by atoms with Gasteiger partial charge in [-0.1, -0.05) is 0 Å². The number of nitrogens with one attached hydrogen (secondary N) is 1. The number of ether oxygens (including phenoxy) is 1. The zero-order chi connectivity index (χ0) is 12.5. The fourth-order valence-corrected chi connectivity index (χ4v) is 2.03. The van der Waals surface area contributed by atoms with Gasteiger partial charge in [-0.05, 0) is 45.3 Å². The average Bonchev–Trinajstić information content (AvgIpc) is 2.84. The lowest BCUT2D eigenvalue weighted by molar-refractivity contribution is -0.122. The highest BCUT2D eigenvalue weighted by Gasteiger charge is 2.13. The van der Waals surface area contributed by atoms with Crippen molar-refractivity contribution >= 4 is 5.91 Å². The minimum absolute atomic E-state index is 0.0662. The largest absolute Gasteiger partial charge is 0.385 e. The van der Waals surface area contributed by atoms with Gasteiger partial charge in [0, 0.05) is 20.3 Å². The van der Waals surface area contributed by atoms with Crippen LogP contribution in [0.3, 0.4) is 0 Å². The highest BCUT2D eigenvalue weighted by molar-refractivity contribution is 5.81. The van der Waals surface area contributed by atoms with Gasteiger partial charge in [0.2, 0.25) is 5.91 Å². The number of amides is 1. The molecule has 0 aromatic heterocycles. The standard InChI is InChI=1S/C12H25N3O2/c1-17-10-5-11(13)12(16)14-6-4-9-15-7-2-3-8-15/h11H,2-10,13H2,1H3,(H,14,16). The van der Waals surface area contributed by atoms with E-state index in [1.807, 2.05) is 0 Å². The van der Waals surface area contributed by atoms with Gasteiger partial charge >= 0.3 is 0 Å². The smallest absolute Gasteiger partial charge is 0.237 e. The number of carbonyl (C=O) groups excluding carboxylic acids is 1. The lowest BCUT2D eigenvalue weighted by Gasteiger charge is -2.15. The molecule has 0 spiro atoms. The van der Waals surface area contributed by atoms with E-state index < -0.39 is 6.04 Å². The fourth-order valence-electron chi connectivity index (χ4n) is 2.03. The summed E-state index contributed by atoms with van der Waals surface area (Å²) in [6.45, 7) is 4.74. The topological polar surface area (TPSA) is 67.6 Å². The Labute approximate surface area is 104 Å². The molecule has 1 saturated heterocycles. The fraction of sp³-hybridized carbons (Fsp3) is 0.917. The van der Waals surface area contributed by atoms with Gasteiger partial charge in [0.1, 0.15) is 0 Å². The van der Waals surface area contributed by atoms with Gasteiger partial charge in [0.15, 0.2) is 0 Å². The summed E-state index contributed by atoms with van der Waals surface area (Å²) in [6, 6.07) is -0.443. The molecule has 1 aliphatic rings. The monoisotopic (exact) mass is 243 g/mol. The Morgan fingerprint density at radius 1 is 1.47 bits per heavy atom. The SMILES string of the molecule is COCCC(N)C(=O)NCCCN1CCCC1. The first-order valence-electron chi connectivity index (χ1n) is 6.48. The molecule has 5 heteroatoms. The minimum Gasteiger partial charge on any atom is -0.385 e. The number of rotatable bonds is 8. The molecule has 1 atom stereocenters. The number of hydrogen-bond donors (Lipinski definition) is 2. The second-order valence-corrected chi connectivity index (χ2v) is 4.58. The summed E-state index contributed by atoms with van der Waals surface area (Å²) in [5, 5.41) is 2.87. The first-order chi connectivity index (χ1) is 8.24. The maximum atomic E-state index is 11.5. The summed E-state index contributed by atoms with van der Waals surface area (Å²) < 4.78 is 4.89. The van der Waals surface area contributed by atoms with Crippen LogP contribution in [0.4, 0.5) is 0 Å². The van der Waals surface area contributed by atoms with Crippen molar-refractivity contribution in [2.45, 2.75) is 31.7 Å². The van der Waals surface area contributed by atoms with Crippen molar-refractivity contribution in [2.24, 2.45) is 5.73 Å². The summed E-state index contributed by atoms with van der Waals surface area (Å²) in [5.74, 6) is -0.0662. The maximum Gasteiger partial charge on any atom is 0.237 e. The Balaban J connectivity index is 1.98. The molecule has 0 aliphatic carbocycles. The van der Waals surface area contributed by atoms with Crippen LogP contribution in [0, 0.1) is 0 Å². The first kappa shape index (κ1) is 14.4. The van der Waals surface area contributed by atoms with Crippen molar-refractivity contribution in [2.75, 3.05) is 39.9 Å². The summed E-state index contributed by atoms with van der Waals surface area (Å²) in [4.78, 5) is 14.0. The van der Waals surface area contributed by atoms with E-state index in [2.05, 4.69) is 10.2 Å². The van der Waals surface area contributed by atoms with E-state index in [9.17, 15) is 4.79 Å². The molecule has 0 aromatic rings. The molecule has 1 unspecified atom stereocenters. The highest BCUT2D eigenvalue weighted by atomic mass is 16.5.